The maximum Gasteiger partial charge on any atom is 0.265 e. The summed E-state index contributed by atoms with van der Waals surface area (Å²) in [4.78, 5) is 18.6. The van der Waals surface area contributed by atoms with Crippen LogP contribution in [0.2, 0.25) is 0 Å². The van der Waals surface area contributed by atoms with E-state index >= 15 is 0 Å². The Balaban J connectivity index is 1.85. The Morgan fingerprint density at radius 2 is 2.12 bits per heavy atom. The number of ether oxygens (including phenoxy) is 1. The van der Waals surface area contributed by atoms with Crippen LogP contribution in [-0.2, 0) is 17.9 Å². The van der Waals surface area contributed by atoms with E-state index in [0.717, 1.165) is 25.9 Å². The molecule has 9 heteroatoms. The molecule has 6 nitrogen and oxygen atoms in total. The minimum Gasteiger partial charge on any atom is -0.481 e. The van der Waals surface area contributed by atoms with Crippen LogP contribution in [-0.4, -0.2) is 28.4 Å². The summed E-state index contributed by atoms with van der Waals surface area (Å²) >= 11 is 6.73. The van der Waals surface area contributed by atoms with Crippen molar-refractivity contribution in [1.29, 1.82) is 0 Å². The molecule has 0 unspecified atom stereocenters. The van der Waals surface area contributed by atoms with Crippen molar-refractivity contribution in [1.82, 2.24) is 9.36 Å². The average molecular weight is 390 g/mol. The second kappa shape index (κ2) is 6.70. The third-order valence-corrected chi connectivity index (χ3v) is 5.66. The minimum absolute atomic E-state index is 0.0928. The lowest BCUT2D eigenvalue weighted by Gasteiger charge is -2.28. The van der Waals surface area contributed by atoms with Gasteiger partial charge in [-0.2, -0.15) is 0 Å². The summed E-state index contributed by atoms with van der Waals surface area (Å²) in [5.41, 5.74) is 0.558. The molecule has 134 valence electrons. The number of halogens is 1. The number of nitrogens with zero attached hydrogens (tertiary/aromatic N) is 4. The first-order valence-corrected chi connectivity index (χ1v) is 9.36. The standard InChI is InChI=1S/C17H15FN4O2S2/c1-2-5-20-13-9-12(11(18)8-14(13)24-10-15(20)23)19-16-21-6-3-4-7-22(21)17(25)26-16/h1,8-9H,3-7,10H2. The maximum absolute atomic E-state index is 14.6. The van der Waals surface area contributed by atoms with Gasteiger partial charge < -0.3 is 4.74 Å². The number of rotatable bonds is 2. The number of carbonyl (C=O) groups is 1. The van der Waals surface area contributed by atoms with Gasteiger partial charge in [-0.3, -0.25) is 19.1 Å². The number of anilines is 1. The molecule has 2 aliphatic heterocycles. The molecule has 0 bridgehead atoms. The molecule has 0 fully saturated rings. The largest absolute Gasteiger partial charge is 0.481 e. The molecule has 0 N–H and O–H groups in total. The molecular weight excluding hydrogens is 375 g/mol. The van der Waals surface area contributed by atoms with Gasteiger partial charge in [-0.15, -0.1) is 6.42 Å². The van der Waals surface area contributed by atoms with Crippen LogP contribution in [0, 0.1) is 22.1 Å². The van der Waals surface area contributed by atoms with Crippen LogP contribution in [0.4, 0.5) is 15.8 Å². The third-order valence-electron chi connectivity index (χ3n) is 4.33. The van der Waals surface area contributed by atoms with Gasteiger partial charge in [-0.25, -0.2) is 9.38 Å². The van der Waals surface area contributed by atoms with Crippen LogP contribution in [0.15, 0.2) is 17.1 Å². The maximum atomic E-state index is 14.6. The number of hydrogen-bond donors (Lipinski definition) is 0. The molecule has 4 rings (SSSR count). The molecule has 1 amide bonds. The van der Waals surface area contributed by atoms with Gasteiger partial charge in [0.05, 0.1) is 12.2 Å². The fraction of sp³-hybridized carbons (Fsp3) is 0.353. The Bertz CT molecular complexity index is 1060. The number of fused-ring (bicyclic) bond motifs is 2. The minimum atomic E-state index is -0.520. The van der Waals surface area contributed by atoms with Gasteiger partial charge in [0, 0.05) is 19.2 Å². The van der Waals surface area contributed by atoms with Crippen LogP contribution in [0.3, 0.4) is 0 Å². The summed E-state index contributed by atoms with van der Waals surface area (Å²) in [6.45, 7) is 1.57. The molecule has 26 heavy (non-hydrogen) atoms. The van der Waals surface area contributed by atoms with E-state index < -0.39 is 5.82 Å². The lowest BCUT2D eigenvalue weighted by Crippen LogP contribution is -2.39. The first kappa shape index (κ1) is 17.0. The van der Waals surface area contributed by atoms with E-state index in [2.05, 4.69) is 10.9 Å². The number of benzene rings is 1. The van der Waals surface area contributed by atoms with Crippen molar-refractivity contribution in [2.45, 2.75) is 25.9 Å². The fourth-order valence-electron chi connectivity index (χ4n) is 3.08. The van der Waals surface area contributed by atoms with Crippen molar-refractivity contribution in [2.75, 3.05) is 18.1 Å². The smallest absolute Gasteiger partial charge is 0.265 e. The number of amides is 1. The van der Waals surface area contributed by atoms with E-state index in [9.17, 15) is 9.18 Å². The van der Waals surface area contributed by atoms with E-state index in [1.165, 1.54) is 28.4 Å². The Morgan fingerprint density at radius 1 is 1.35 bits per heavy atom. The summed E-state index contributed by atoms with van der Waals surface area (Å²) in [6, 6.07) is 2.75. The second-order valence-corrected chi connectivity index (χ2v) is 7.56. The van der Waals surface area contributed by atoms with E-state index in [4.69, 9.17) is 23.4 Å². The first-order chi connectivity index (χ1) is 12.6. The van der Waals surface area contributed by atoms with Gasteiger partial charge in [0.2, 0.25) is 4.80 Å². The van der Waals surface area contributed by atoms with Crippen molar-refractivity contribution >= 4 is 40.8 Å². The van der Waals surface area contributed by atoms with Gasteiger partial charge in [-0.1, -0.05) is 17.3 Å². The molecule has 2 aromatic rings. The normalized spacial score (nSPS) is 16.7. The van der Waals surface area contributed by atoms with E-state index in [-0.39, 0.29) is 30.5 Å². The zero-order valence-corrected chi connectivity index (χ0v) is 15.4. The van der Waals surface area contributed by atoms with E-state index in [1.807, 2.05) is 9.36 Å². The highest BCUT2D eigenvalue weighted by atomic mass is 32.1. The predicted octanol–water partition coefficient (Wildman–Crippen LogP) is 2.60. The molecular formula is C17H15FN4O2S2. The first-order valence-electron chi connectivity index (χ1n) is 8.14. The van der Waals surface area contributed by atoms with E-state index in [1.54, 1.807) is 0 Å². The number of carbonyl (C=O) groups excluding carboxylic acids is 1. The molecule has 0 spiro atoms. The Morgan fingerprint density at radius 3 is 2.88 bits per heavy atom. The van der Waals surface area contributed by atoms with Gasteiger partial charge in [-0.05, 0) is 31.1 Å². The SMILES string of the molecule is C#CCN1C(=O)COc2cc(F)c(N=c3sc(=S)n4n3CCCC4)cc21. The molecule has 0 saturated heterocycles. The zero-order valence-electron chi connectivity index (χ0n) is 13.8. The lowest BCUT2D eigenvalue weighted by atomic mass is 10.2. The van der Waals surface area contributed by atoms with Crippen LogP contribution >= 0.6 is 23.6 Å². The van der Waals surface area contributed by atoms with Crippen LogP contribution in [0.25, 0.3) is 0 Å². The number of hydrogen-bond acceptors (Lipinski definition) is 5. The quantitative estimate of drug-likeness (QED) is 0.585. The summed E-state index contributed by atoms with van der Waals surface area (Å²) in [7, 11) is 0. The van der Waals surface area contributed by atoms with Gasteiger partial charge in [0.1, 0.15) is 11.4 Å². The van der Waals surface area contributed by atoms with E-state index in [0.29, 0.717) is 14.4 Å². The Labute approximate surface area is 158 Å². The van der Waals surface area contributed by atoms with Crippen LogP contribution in [0.5, 0.6) is 5.75 Å². The third kappa shape index (κ3) is 2.85. The molecule has 1 aromatic heterocycles. The second-order valence-electron chi connectivity index (χ2n) is 5.96. The molecule has 3 heterocycles. The summed E-state index contributed by atoms with van der Waals surface area (Å²) in [5, 5.41) is 0. The van der Waals surface area contributed by atoms with Crippen molar-refractivity contribution in [3.63, 3.8) is 0 Å². The fourth-order valence-corrected chi connectivity index (χ4v) is 4.39. The van der Waals surface area contributed by atoms with Crippen molar-refractivity contribution in [3.8, 4) is 18.1 Å². The van der Waals surface area contributed by atoms with Gasteiger partial charge in [0.15, 0.2) is 16.4 Å². The highest BCUT2D eigenvalue weighted by Gasteiger charge is 2.26. The highest BCUT2D eigenvalue weighted by Crippen LogP contribution is 2.37. The van der Waals surface area contributed by atoms with Crippen molar-refractivity contribution in [3.05, 3.63) is 26.7 Å². The summed E-state index contributed by atoms with van der Waals surface area (Å²) < 4.78 is 24.6. The molecule has 0 aliphatic carbocycles. The Kier molecular flexibility index (Phi) is 4.38. The number of terminal acetylenes is 1. The van der Waals surface area contributed by atoms with Gasteiger partial charge in [0.25, 0.3) is 5.91 Å². The summed E-state index contributed by atoms with van der Waals surface area (Å²) in [5.74, 6) is 1.95. The monoisotopic (exact) mass is 390 g/mol. The van der Waals surface area contributed by atoms with Crippen molar-refractivity contribution < 1.29 is 13.9 Å². The van der Waals surface area contributed by atoms with Crippen LogP contribution in [0.1, 0.15) is 12.8 Å². The lowest BCUT2D eigenvalue weighted by molar-refractivity contribution is -0.121. The molecule has 1 aromatic carbocycles. The average Bonchev–Trinajstić information content (AvgIpc) is 2.95. The molecule has 0 atom stereocenters. The van der Waals surface area contributed by atoms with Crippen LogP contribution < -0.4 is 14.4 Å². The predicted molar refractivity (Wildman–Crippen MR) is 98.7 cm³/mol. The molecule has 0 saturated carbocycles. The topological polar surface area (TPSA) is 51.8 Å². The zero-order chi connectivity index (χ0) is 18.3. The Hall–Kier alpha value is -2.44. The summed E-state index contributed by atoms with van der Waals surface area (Å²) in [6.07, 6.45) is 7.45. The highest BCUT2D eigenvalue weighted by molar-refractivity contribution is 7.73. The van der Waals surface area contributed by atoms with Gasteiger partial charge >= 0.3 is 0 Å². The molecule has 0 radical (unpaired) electrons. The van der Waals surface area contributed by atoms with Crippen molar-refractivity contribution in [2.24, 2.45) is 4.99 Å². The molecule has 2 aliphatic rings. The number of aromatic nitrogens is 2.